The van der Waals surface area contributed by atoms with Crippen molar-refractivity contribution in [2.45, 2.75) is 50.5 Å². The molecule has 1 fully saturated rings. The number of fused-ring (bicyclic) bond motifs is 3. The fraction of sp³-hybridized carbons (Fsp3) is 0.423. The van der Waals surface area contributed by atoms with E-state index in [0.29, 0.717) is 32.4 Å². The Morgan fingerprint density at radius 1 is 0.909 bits per heavy atom. The van der Waals surface area contributed by atoms with Gasteiger partial charge in [-0.25, -0.2) is 4.79 Å². The molecule has 0 aliphatic heterocycles. The van der Waals surface area contributed by atoms with E-state index in [1.54, 1.807) is 0 Å². The van der Waals surface area contributed by atoms with Gasteiger partial charge in [0.2, 0.25) is 5.91 Å². The van der Waals surface area contributed by atoms with E-state index >= 15 is 0 Å². The lowest BCUT2D eigenvalue weighted by Crippen LogP contribution is -2.46. The van der Waals surface area contributed by atoms with E-state index in [1.165, 1.54) is 22.3 Å². The van der Waals surface area contributed by atoms with Gasteiger partial charge in [-0.2, -0.15) is 0 Å². The number of ether oxygens (including phenoxy) is 1. The van der Waals surface area contributed by atoms with Crippen LogP contribution in [0, 0.1) is 5.92 Å². The number of carboxylic acid groups (broad SMARTS) is 1. The molecule has 1 saturated carbocycles. The van der Waals surface area contributed by atoms with Crippen molar-refractivity contribution < 1.29 is 24.2 Å². The number of amides is 2. The van der Waals surface area contributed by atoms with E-state index in [0.717, 1.165) is 19.3 Å². The Kier molecular flexibility index (Phi) is 7.27. The summed E-state index contributed by atoms with van der Waals surface area (Å²) in [7, 11) is 0. The highest BCUT2D eigenvalue weighted by Gasteiger charge is 2.35. The number of carbonyl (C=O) groups is 3. The predicted molar refractivity (Wildman–Crippen MR) is 124 cm³/mol. The normalized spacial score (nSPS) is 18.5. The van der Waals surface area contributed by atoms with Crippen molar-refractivity contribution in [2.24, 2.45) is 5.92 Å². The second-order valence-electron chi connectivity index (χ2n) is 8.83. The van der Waals surface area contributed by atoms with Crippen LogP contribution in [0.2, 0.25) is 0 Å². The van der Waals surface area contributed by atoms with E-state index < -0.39 is 12.1 Å². The first-order valence-corrected chi connectivity index (χ1v) is 11.6. The van der Waals surface area contributed by atoms with Gasteiger partial charge >= 0.3 is 12.1 Å². The maximum absolute atomic E-state index is 12.2. The number of carboxylic acids is 1. The van der Waals surface area contributed by atoms with Crippen molar-refractivity contribution in [1.29, 1.82) is 0 Å². The van der Waals surface area contributed by atoms with Crippen LogP contribution >= 0.6 is 0 Å². The number of rotatable bonds is 10. The summed E-state index contributed by atoms with van der Waals surface area (Å²) < 4.78 is 5.52. The number of nitrogens with one attached hydrogen (secondary N) is 2. The molecular formula is C26H30N2O5. The molecule has 2 aliphatic carbocycles. The predicted octanol–water partition coefficient (Wildman–Crippen LogP) is 4.06. The zero-order valence-electron chi connectivity index (χ0n) is 18.6. The van der Waals surface area contributed by atoms with Gasteiger partial charge in [0.25, 0.3) is 0 Å². The third-order valence-electron chi connectivity index (χ3n) is 6.55. The Hall–Kier alpha value is -3.35. The van der Waals surface area contributed by atoms with E-state index in [-0.39, 0.29) is 23.8 Å². The largest absolute Gasteiger partial charge is 0.481 e. The summed E-state index contributed by atoms with van der Waals surface area (Å²) in [5.74, 6) is -1.10. The summed E-state index contributed by atoms with van der Waals surface area (Å²) in [5, 5.41) is 14.5. The van der Waals surface area contributed by atoms with E-state index in [2.05, 4.69) is 34.9 Å². The second-order valence-corrected chi connectivity index (χ2v) is 8.83. The summed E-state index contributed by atoms with van der Waals surface area (Å²) >= 11 is 0. The molecule has 0 spiro atoms. The first-order valence-electron chi connectivity index (χ1n) is 11.6. The van der Waals surface area contributed by atoms with Crippen LogP contribution in [0.15, 0.2) is 48.5 Å². The van der Waals surface area contributed by atoms with Crippen LogP contribution in [0.1, 0.15) is 55.6 Å². The quantitative estimate of drug-likeness (QED) is 0.474. The van der Waals surface area contributed by atoms with Crippen molar-refractivity contribution >= 4 is 18.0 Å². The van der Waals surface area contributed by atoms with Gasteiger partial charge in [0.15, 0.2) is 0 Å². The molecule has 7 nitrogen and oxygen atoms in total. The second kappa shape index (κ2) is 10.5. The van der Waals surface area contributed by atoms with Crippen molar-refractivity contribution in [3.8, 4) is 11.1 Å². The minimum atomic E-state index is -0.788. The highest BCUT2D eigenvalue weighted by molar-refractivity contribution is 5.79. The van der Waals surface area contributed by atoms with E-state index in [9.17, 15) is 14.4 Å². The first-order chi connectivity index (χ1) is 16.0. The maximum Gasteiger partial charge on any atom is 0.407 e. The van der Waals surface area contributed by atoms with Gasteiger partial charge in [0.1, 0.15) is 6.61 Å². The fourth-order valence-electron chi connectivity index (χ4n) is 4.66. The molecule has 3 N–H and O–H groups in total. The number of benzene rings is 2. The molecule has 0 atom stereocenters. The number of carbonyl (C=O) groups excluding carboxylic acids is 2. The Morgan fingerprint density at radius 2 is 1.55 bits per heavy atom. The lowest BCUT2D eigenvalue weighted by molar-refractivity contribution is -0.146. The average Bonchev–Trinajstić information content (AvgIpc) is 3.10. The lowest BCUT2D eigenvalue weighted by atomic mass is 9.80. The molecule has 174 valence electrons. The van der Waals surface area contributed by atoms with Crippen molar-refractivity contribution in [3.63, 3.8) is 0 Å². The van der Waals surface area contributed by atoms with Crippen molar-refractivity contribution in [2.75, 3.05) is 13.2 Å². The Morgan fingerprint density at radius 3 is 2.18 bits per heavy atom. The molecular weight excluding hydrogens is 420 g/mol. The van der Waals surface area contributed by atoms with Gasteiger partial charge in [0, 0.05) is 24.9 Å². The van der Waals surface area contributed by atoms with Gasteiger partial charge in [-0.1, -0.05) is 55.0 Å². The molecule has 0 heterocycles. The number of hydrogen-bond donors (Lipinski definition) is 3. The van der Waals surface area contributed by atoms with Crippen molar-refractivity contribution in [1.82, 2.24) is 10.6 Å². The zero-order valence-corrected chi connectivity index (χ0v) is 18.6. The third-order valence-corrected chi connectivity index (χ3v) is 6.55. The van der Waals surface area contributed by atoms with Crippen LogP contribution in [0.4, 0.5) is 4.79 Å². The first kappa shape index (κ1) is 22.8. The molecule has 0 unspecified atom stereocenters. The third kappa shape index (κ3) is 5.53. The molecule has 2 aliphatic rings. The lowest BCUT2D eigenvalue weighted by Gasteiger charge is -2.32. The van der Waals surface area contributed by atoms with Gasteiger partial charge < -0.3 is 20.5 Å². The molecule has 7 heteroatoms. The van der Waals surface area contributed by atoms with E-state index in [4.69, 9.17) is 9.84 Å². The number of hydrogen-bond acceptors (Lipinski definition) is 4. The minimum Gasteiger partial charge on any atom is -0.481 e. The Bertz CT molecular complexity index is 970. The van der Waals surface area contributed by atoms with Gasteiger partial charge in [0.05, 0.1) is 5.92 Å². The summed E-state index contributed by atoms with van der Waals surface area (Å²) in [6.07, 6.45) is 3.34. The van der Waals surface area contributed by atoms with Crippen molar-refractivity contribution in [3.05, 3.63) is 59.7 Å². The van der Waals surface area contributed by atoms with Crippen LogP contribution in [0.5, 0.6) is 0 Å². The molecule has 33 heavy (non-hydrogen) atoms. The molecule has 0 aromatic heterocycles. The molecule has 0 radical (unpaired) electrons. The molecule has 2 amide bonds. The summed E-state index contributed by atoms with van der Waals surface area (Å²) in [6.45, 7) is 0.797. The molecule has 0 bridgehead atoms. The van der Waals surface area contributed by atoms with Gasteiger partial charge in [-0.15, -0.1) is 0 Å². The topological polar surface area (TPSA) is 105 Å². The van der Waals surface area contributed by atoms with Gasteiger partial charge in [-0.3, -0.25) is 9.59 Å². The smallest absolute Gasteiger partial charge is 0.407 e. The SMILES string of the molecule is O=C(CCCCCNC(=O)OCC1c2ccccc2-c2ccccc21)NC1CC(C(=O)O)C1. The number of unbranched alkanes of at least 4 members (excludes halogenated alkanes) is 2. The molecule has 2 aromatic carbocycles. The molecule has 0 saturated heterocycles. The van der Waals surface area contributed by atoms with E-state index in [1.807, 2.05) is 24.3 Å². The van der Waals surface area contributed by atoms with Crippen LogP contribution in [0.3, 0.4) is 0 Å². The Labute approximate surface area is 193 Å². The summed E-state index contributed by atoms with van der Waals surface area (Å²) in [5.41, 5.74) is 4.77. The highest BCUT2D eigenvalue weighted by atomic mass is 16.5. The standard InChI is InChI=1S/C26H30N2O5/c29-24(28-18-14-17(15-18)25(30)31)12-2-1-7-13-27-26(32)33-16-23-21-10-5-3-8-19(21)20-9-4-6-11-22(20)23/h3-6,8-11,17-18,23H,1-2,7,12-16H2,(H,27,32)(H,28,29)(H,30,31). The van der Waals surface area contributed by atoms with Crippen LogP contribution in [0.25, 0.3) is 11.1 Å². The number of alkyl carbamates (subject to hydrolysis) is 1. The average molecular weight is 451 g/mol. The zero-order chi connectivity index (χ0) is 23.2. The Balaban J connectivity index is 1.10. The molecule has 2 aromatic rings. The number of aliphatic carboxylic acids is 1. The van der Waals surface area contributed by atoms with Crippen LogP contribution in [-0.4, -0.2) is 42.3 Å². The highest BCUT2D eigenvalue weighted by Crippen LogP contribution is 2.44. The fourth-order valence-corrected chi connectivity index (χ4v) is 4.66. The van der Waals surface area contributed by atoms with Gasteiger partial charge in [-0.05, 0) is 47.9 Å². The van der Waals surface area contributed by atoms with Crippen LogP contribution in [-0.2, 0) is 14.3 Å². The summed E-state index contributed by atoms with van der Waals surface area (Å²) in [4.78, 5) is 34.9. The van der Waals surface area contributed by atoms with Crippen LogP contribution < -0.4 is 10.6 Å². The minimum absolute atomic E-state index is 0.00571. The summed E-state index contributed by atoms with van der Waals surface area (Å²) in [6, 6.07) is 16.5. The maximum atomic E-state index is 12.2. The monoisotopic (exact) mass is 450 g/mol. The molecule has 4 rings (SSSR count).